The van der Waals surface area contributed by atoms with E-state index in [-0.39, 0.29) is 11.6 Å². The second-order valence-corrected chi connectivity index (χ2v) is 7.48. The van der Waals surface area contributed by atoms with Crippen molar-refractivity contribution in [3.05, 3.63) is 35.6 Å². The van der Waals surface area contributed by atoms with E-state index in [0.717, 1.165) is 18.4 Å². The molecule has 1 fully saturated rings. The van der Waals surface area contributed by atoms with Crippen LogP contribution in [0.25, 0.3) is 0 Å². The van der Waals surface area contributed by atoms with E-state index in [1.807, 2.05) is 0 Å². The van der Waals surface area contributed by atoms with Gasteiger partial charge in [0.05, 0.1) is 6.26 Å². The molecule has 0 aliphatic carbocycles. The van der Waals surface area contributed by atoms with Crippen molar-refractivity contribution in [3.8, 4) is 0 Å². The number of urea groups is 1. The summed E-state index contributed by atoms with van der Waals surface area (Å²) in [4.78, 5) is 23.5. The van der Waals surface area contributed by atoms with Crippen LogP contribution in [-0.4, -0.2) is 50.0 Å². The Morgan fingerprint density at radius 2 is 1.71 bits per heavy atom. The van der Waals surface area contributed by atoms with Crippen LogP contribution in [0.4, 0.5) is 9.18 Å². The molecule has 1 aromatic rings. The molecule has 1 saturated heterocycles. The van der Waals surface area contributed by atoms with Crippen LogP contribution in [0.15, 0.2) is 24.3 Å². The maximum atomic E-state index is 12.8. The van der Waals surface area contributed by atoms with Gasteiger partial charge >= 0.3 is 6.03 Å². The number of piperidine rings is 1. The molecule has 0 bridgehead atoms. The van der Waals surface area contributed by atoms with Crippen LogP contribution in [0.1, 0.15) is 23.2 Å². The quantitative estimate of drug-likeness (QED) is 0.671. The number of carbonyl (C=O) groups excluding carboxylic acids is 2. The molecule has 8 nitrogen and oxygen atoms in total. The van der Waals surface area contributed by atoms with E-state index in [2.05, 4.69) is 16.2 Å². The molecule has 2 rings (SSSR count). The lowest BCUT2D eigenvalue weighted by Crippen LogP contribution is -2.52. The SMILES string of the molecule is CS(=O)(=O)N1CCC(NC(=O)NNC(=O)c2ccc(F)cc2)CC1. The van der Waals surface area contributed by atoms with Gasteiger partial charge in [0.25, 0.3) is 5.91 Å². The minimum atomic E-state index is -3.21. The minimum Gasteiger partial charge on any atom is -0.334 e. The Bertz CT molecular complexity index is 700. The fraction of sp³-hybridized carbons (Fsp3) is 0.429. The summed E-state index contributed by atoms with van der Waals surface area (Å²) in [5.41, 5.74) is 4.63. The van der Waals surface area contributed by atoms with E-state index in [9.17, 15) is 22.4 Å². The molecule has 1 aromatic carbocycles. The van der Waals surface area contributed by atoms with Gasteiger partial charge in [-0.2, -0.15) is 0 Å². The Kier molecular flexibility index (Phi) is 5.73. The van der Waals surface area contributed by atoms with E-state index in [1.165, 1.54) is 16.4 Å². The summed E-state index contributed by atoms with van der Waals surface area (Å²) in [7, 11) is -3.21. The van der Waals surface area contributed by atoms with Crippen molar-refractivity contribution in [2.45, 2.75) is 18.9 Å². The summed E-state index contributed by atoms with van der Waals surface area (Å²) in [5.74, 6) is -1.03. The van der Waals surface area contributed by atoms with Gasteiger partial charge < -0.3 is 5.32 Å². The molecule has 10 heteroatoms. The zero-order chi connectivity index (χ0) is 17.7. The van der Waals surface area contributed by atoms with Crippen molar-refractivity contribution >= 4 is 22.0 Å². The number of sulfonamides is 1. The molecule has 0 saturated carbocycles. The summed E-state index contributed by atoms with van der Waals surface area (Å²) >= 11 is 0. The molecule has 0 aromatic heterocycles. The van der Waals surface area contributed by atoms with Crippen molar-refractivity contribution < 1.29 is 22.4 Å². The highest BCUT2D eigenvalue weighted by atomic mass is 32.2. The van der Waals surface area contributed by atoms with Crippen LogP contribution in [0, 0.1) is 5.82 Å². The van der Waals surface area contributed by atoms with Crippen LogP contribution >= 0.6 is 0 Å². The topological polar surface area (TPSA) is 108 Å². The normalized spacial score (nSPS) is 16.4. The monoisotopic (exact) mass is 358 g/mol. The lowest BCUT2D eigenvalue weighted by Gasteiger charge is -2.30. The summed E-state index contributed by atoms with van der Waals surface area (Å²) in [6.07, 6.45) is 2.14. The first-order chi connectivity index (χ1) is 11.3. The van der Waals surface area contributed by atoms with Gasteiger partial charge in [-0.3, -0.25) is 10.2 Å². The molecule has 3 amide bonds. The van der Waals surface area contributed by atoms with Gasteiger partial charge in [-0.15, -0.1) is 0 Å². The molecule has 1 heterocycles. The number of rotatable bonds is 3. The number of halogens is 1. The first kappa shape index (κ1) is 18.1. The van der Waals surface area contributed by atoms with Gasteiger partial charge in [-0.05, 0) is 37.1 Å². The second kappa shape index (κ2) is 7.58. The second-order valence-electron chi connectivity index (χ2n) is 5.50. The molecular weight excluding hydrogens is 339 g/mol. The number of hydrogen-bond acceptors (Lipinski definition) is 4. The van der Waals surface area contributed by atoms with Gasteiger partial charge in [0, 0.05) is 24.7 Å². The van der Waals surface area contributed by atoms with E-state index in [4.69, 9.17) is 0 Å². The molecule has 0 unspecified atom stereocenters. The largest absolute Gasteiger partial charge is 0.334 e. The average molecular weight is 358 g/mol. The molecular formula is C14H19FN4O4S. The summed E-state index contributed by atoms with van der Waals surface area (Å²) in [6.45, 7) is 0.678. The van der Waals surface area contributed by atoms with Crippen LogP contribution in [0.5, 0.6) is 0 Å². The van der Waals surface area contributed by atoms with Gasteiger partial charge in [0.1, 0.15) is 5.82 Å². The standard InChI is InChI=1S/C14H19FN4O4S/c1-24(22,23)19-8-6-12(7-9-19)16-14(21)18-17-13(20)10-2-4-11(15)5-3-10/h2-5,12H,6-9H2,1H3,(H,17,20)(H2,16,18,21). The van der Waals surface area contributed by atoms with Gasteiger partial charge in [0.2, 0.25) is 10.0 Å². The van der Waals surface area contributed by atoms with Gasteiger partial charge in [-0.1, -0.05) is 0 Å². The predicted octanol–water partition coefficient (Wildman–Crippen LogP) is 0.194. The van der Waals surface area contributed by atoms with E-state index < -0.39 is 27.8 Å². The van der Waals surface area contributed by atoms with Crippen molar-refractivity contribution in [1.29, 1.82) is 0 Å². The molecule has 1 aliphatic rings. The highest BCUT2D eigenvalue weighted by Gasteiger charge is 2.25. The van der Waals surface area contributed by atoms with Gasteiger partial charge in [0.15, 0.2) is 0 Å². The smallest absolute Gasteiger partial charge is 0.333 e. The molecule has 0 spiro atoms. The molecule has 3 N–H and O–H groups in total. The first-order valence-electron chi connectivity index (χ1n) is 7.33. The average Bonchev–Trinajstić information content (AvgIpc) is 2.53. The third-order valence-electron chi connectivity index (χ3n) is 3.65. The van der Waals surface area contributed by atoms with Crippen LogP contribution in [0.2, 0.25) is 0 Å². The summed E-state index contributed by atoms with van der Waals surface area (Å²) < 4.78 is 36.9. The zero-order valence-electron chi connectivity index (χ0n) is 13.1. The van der Waals surface area contributed by atoms with E-state index in [0.29, 0.717) is 25.9 Å². The van der Waals surface area contributed by atoms with E-state index >= 15 is 0 Å². The molecule has 1 aliphatic heterocycles. The van der Waals surface area contributed by atoms with Crippen molar-refractivity contribution in [1.82, 2.24) is 20.5 Å². The third-order valence-corrected chi connectivity index (χ3v) is 4.96. The first-order valence-corrected chi connectivity index (χ1v) is 9.18. The number of nitrogens with one attached hydrogen (secondary N) is 3. The molecule has 0 atom stereocenters. The Morgan fingerprint density at radius 3 is 2.25 bits per heavy atom. The minimum absolute atomic E-state index is 0.175. The number of nitrogens with zero attached hydrogens (tertiary/aromatic N) is 1. The highest BCUT2D eigenvalue weighted by molar-refractivity contribution is 7.88. The molecule has 24 heavy (non-hydrogen) atoms. The lowest BCUT2D eigenvalue weighted by molar-refractivity contribution is 0.0935. The maximum absolute atomic E-state index is 12.8. The Morgan fingerprint density at radius 1 is 1.12 bits per heavy atom. The van der Waals surface area contributed by atoms with Crippen LogP contribution in [0.3, 0.4) is 0 Å². The van der Waals surface area contributed by atoms with Crippen molar-refractivity contribution in [2.75, 3.05) is 19.3 Å². The van der Waals surface area contributed by atoms with Crippen LogP contribution < -0.4 is 16.2 Å². The summed E-state index contributed by atoms with van der Waals surface area (Å²) in [6, 6.07) is 4.11. The lowest BCUT2D eigenvalue weighted by atomic mass is 10.1. The predicted molar refractivity (Wildman–Crippen MR) is 85.0 cm³/mol. The number of hydrogen-bond donors (Lipinski definition) is 3. The number of carbonyl (C=O) groups is 2. The van der Waals surface area contributed by atoms with Crippen molar-refractivity contribution in [3.63, 3.8) is 0 Å². The Balaban J connectivity index is 1.74. The Hall–Kier alpha value is -2.20. The maximum Gasteiger partial charge on any atom is 0.333 e. The number of hydrazine groups is 1. The number of amides is 3. The van der Waals surface area contributed by atoms with Crippen LogP contribution in [-0.2, 0) is 10.0 Å². The van der Waals surface area contributed by atoms with Gasteiger partial charge in [-0.25, -0.2) is 27.3 Å². The molecule has 0 radical (unpaired) electrons. The van der Waals surface area contributed by atoms with Crippen molar-refractivity contribution in [2.24, 2.45) is 0 Å². The third kappa shape index (κ3) is 5.17. The zero-order valence-corrected chi connectivity index (χ0v) is 13.9. The fourth-order valence-electron chi connectivity index (χ4n) is 2.34. The number of benzene rings is 1. The summed E-state index contributed by atoms with van der Waals surface area (Å²) in [5, 5.41) is 2.66. The Labute approximate surface area is 139 Å². The fourth-order valence-corrected chi connectivity index (χ4v) is 3.21. The van der Waals surface area contributed by atoms with E-state index in [1.54, 1.807) is 0 Å². The molecule has 132 valence electrons. The highest BCUT2D eigenvalue weighted by Crippen LogP contribution is 2.12.